The molecule has 1 aliphatic rings. The molecule has 0 aromatic heterocycles. The smallest absolute Gasteiger partial charge is 0.0506 e. The van der Waals surface area contributed by atoms with Crippen LogP contribution in [0, 0.1) is 5.92 Å². The van der Waals surface area contributed by atoms with Gasteiger partial charge in [-0.2, -0.15) is 0 Å². The molecule has 0 spiro atoms. The Morgan fingerprint density at radius 2 is 2.10 bits per heavy atom. The van der Waals surface area contributed by atoms with Gasteiger partial charge in [0.05, 0.1) is 6.61 Å². The van der Waals surface area contributed by atoms with Gasteiger partial charge in [-0.25, -0.2) is 0 Å². The highest BCUT2D eigenvalue weighted by molar-refractivity contribution is 5.24. The Balaban J connectivity index is 1.77. The Kier molecular flexibility index (Phi) is 6.55. The van der Waals surface area contributed by atoms with Crippen molar-refractivity contribution in [2.45, 2.75) is 52.0 Å². The van der Waals surface area contributed by atoms with Gasteiger partial charge in [0.1, 0.15) is 0 Å². The Hall–Kier alpha value is -0.860. The predicted molar refractivity (Wildman–Crippen MR) is 85.0 cm³/mol. The van der Waals surface area contributed by atoms with E-state index in [2.05, 4.69) is 43.4 Å². The summed E-state index contributed by atoms with van der Waals surface area (Å²) in [5, 5.41) is 3.65. The molecule has 1 aromatic carbocycles. The number of ether oxygens (including phenoxy) is 1. The first-order valence-electron chi connectivity index (χ1n) is 8.19. The van der Waals surface area contributed by atoms with Crippen molar-refractivity contribution in [3.8, 4) is 0 Å². The van der Waals surface area contributed by atoms with Crippen molar-refractivity contribution >= 4 is 0 Å². The molecule has 1 fully saturated rings. The minimum absolute atomic E-state index is 0.428. The molecule has 1 aliphatic heterocycles. The molecule has 0 saturated carbocycles. The summed E-state index contributed by atoms with van der Waals surface area (Å²) in [4.78, 5) is 0. The molecule has 1 N–H and O–H groups in total. The number of aryl methyl sites for hydroxylation is 1. The fourth-order valence-corrected chi connectivity index (χ4v) is 2.78. The molecule has 112 valence electrons. The Bertz CT molecular complexity index is 368. The van der Waals surface area contributed by atoms with Crippen LogP contribution >= 0.6 is 0 Å². The van der Waals surface area contributed by atoms with E-state index in [1.54, 1.807) is 0 Å². The lowest BCUT2D eigenvalue weighted by molar-refractivity contribution is 0.0540. The largest absolute Gasteiger partial charge is 0.381 e. The highest BCUT2D eigenvalue weighted by Crippen LogP contribution is 2.17. The predicted octanol–water partition coefficient (Wildman–Crippen LogP) is 4.11. The van der Waals surface area contributed by atoms with Crippen LogP contribution in [0.2, 0.25) is 0 Å². The van der Waals surface area contributed by atoms with Gasteiger partial charge in [-0.1, -0.05) is 37.6 Å². The van der Waals surface area contributed by atoms with Crippen LogP contribution in [-0.4, -0.2) is 19.8 Å². The number of hydrogen-bond donors (Lipinski definition) is 1. The molecular weight excluding hydrogens is 246 g/mol. The van der Waals surface area contributed by atoms with E-state index in [0.29, 0.717) is 12.0 Å². The van der Waals surface area contributed by atoms with Gasteiger partial charge in [0.25, 0.3) is 0 Å². The second-order valence-corrected chi connectivity index (χ2v) is 6.06. The van der Waals surface area contributed by atoms with Crippen molar-refractivity contribution < 1.29 is 4.74 Å². The molecule has 0 radical (unpaired) electrons. The molecule has 0 bridgehead atoms. The molecule has 2 heteroatoms. The topological polar surface area (TPSA) is 21.3 Å². The van der Waals surface area contributed by atoms with E-state index >= 15 is 0 Å². The first-order valence-corrected chi connectivity index (χ1v) is 8.19. The summed E-state index contributed by atoms with van der Waals surface area (Å²) in [5.74, 6) is 0.690. The van der Waals surface area contributed by atoms with Crippen molar-refractivity contribution in [1.29, 1.82) is 0 Å². The fourth-order valence-electron chi connectivity index (χ4n) is 2.78. The van der Waals surface area contributed by atoms with Crippen molar-refractivity contribution in [3.05, 3.63) is 35.4 Å². The van der Waals surface area contributed by atoms with Crippen LogP contribution in [0.5, 0.6) is 0 Å². The molecule has 2 unspecified atom stereocenters. The van der Waals surface area contributed by atoms with Gasteiger partial charge in [0.2, 0.25) is 0 Å². The normalized spacial score (nSPS) is 20.8. The first-order chi connectivity index (χ1) is 9.79. The Morgan fingerprint density at radius 3 is 2.75 bits per heavy atom. The number of nitrogens with one attached hydrogen (secondary N) is 1. The summed E-state index contributed by atoms with van der Waals surface area (Å²) in [7, 11) is 0. The van der Waals surface area contributed by atoms with Crippen LogP contribution in [0.15, 0.2) is 24.3 Å². The van der Waals surface area contributed by atoms with Crippen LogP contribution in [0.1, 0.15) is 56.7 Å². The van der Waals surface area contributed by atoms with Crippen molar-refractivity contribution in [2.24, 2.45) is 5.92 Å². The van der Waals surface area contributed by atoms with E-state index < -0.39 is 0 Å². The summed E-state index contributed by atoms with van der Waals surface area (Å²) in [5.41, 5.74) is 2.85. The van der Waals surface area contributed by atoms with Crippen LogP contribution in [0.4, 0.5) is 0 Å². The van der Waals surface area contributed by atoms with E-state index in [1.807, 2.05) is 0 Å². The summed E-state index contributed by atoms with van der Waals surface area (Å²) >= 11 is 0. The number of benzene rings is 1. The maximum Gasteiger partial charge on any atom is 0.0506 e. The summed E-state index contributed by atoms with van der Waals surface area (Å²) < 4.78 is 5.53. The van der Waals surface area contributed by atoms with Crippen LogP contribution < -0.4 is 5.32 Å². The number of rotatable bonds is 7. The Labute approximate surface area is 123 Å². The molecule has 1 heterocycles. The molecular formula is C18H29NO. The molecule has 1 aromatic rings. The zero-order valence-corrected chi connectivity index (χ0v) is 13.0. The van der Waals surface area contributed by atoms with Gasteiger partial charge in [-0.05, 0) is 49.7 Å². The first kappa shape index (κ1) is 15.5. The van der Waals surface area contributed by atoms with E-state index in [9.17, 15) is 0 Å². The van der Waals surface area contributed by atoms with Gasteiger partial charge >= 0.3 is 0 Å². The summed E-state index contributed by atoms with van der Waals surface area (Å²) in [6.45, 7) is 7.44. The summed E-state index contributed by atoms with van der Waals surface area (Å²) in [6, 6.07) is 9.55. The lowest BCUT2D eigenvalue weighted by Crippen LogP contribution is -2.30. The van der Waals surface area contributed by atoms with Crippen LogP contribution in [0.25, 0.3) is 0 Å². The second kappa shape index (κ2) is 8.43. The second-order valence-electron chi connectivity index (χ2n) is 6.06. The zero-order valence-electron chi connectivity index (χ0n) is 13.0. The SMILES string of the molecule is CCCCc1ccc(C(C)NCC2CCCOC2)cc1. The quantitative estimate of drug-likeness (QED) is 0.808. The number of hydrogen-bond acceptors (Lipinski definition) is 2. The monoisotopic (exact) mass is 275 g/mol. The zero-order chi connectivity index (χ0) is 14.2. The van der Waals surface area contributed by atoms with Gasteiger partial charge in [-0.3, -0.25) is 0 Å². The standard InChI is InChI=1S/C18H29NO/c1-3-4-6-16-8-10-18(11-9-16)15(2)19-13-17-7-5-12-20-14-17/h8-11,15,17,19H,3-7,12-14H2,1-2H3. The third-order valence-electron chi connectivity index (χ3n) is 4.27. The van der Waals surface area contributed by atoms with Crippen molar-refractivity contribution in [3.63, 3.8) is 0 Å². The maximum absolute atomic E-state index is 5.53. The van der Waals surface area contributed by atoms with Crippen LogP contribution in [0.3, 0.4) is 0 Å². The van der Waals surface area contributed by atoms with Crippen molar-refractivity contribution in [1.82, 2.24) is 5.32 Å². The average Bonchev–Trinajstić information content (AvgIpc) is 2.52. The molecule has 2 rings (SSSR count). The molecule has 0 aliphatic carbocycles. The molecule has 20 heavy (non-hydrogen) atoms. The van der Waals surface area contributed by atoms with E-state index in [0.717, 1.165) is 19.8 Å². The fraction of sp³-hybridized carbons (Fsp3) is 0.667. The highest BCUT2D eigenvalue weighted by atomic mass is 16.5. The minimum atomic E-state index is 0.428. The average molecular weight is 275 g/mol. The van der Waals surface area contributed by atoms with E-state index in [-0.39, 0.29) is 0 Å². The van der Waals surface area contributed by atoms with E-state index in [4.69, 9.17) is 4.74 Å². The van der Waals surface area contributed by atoms with Gasteiger partial charge in [-0.15, -0.1) is 0 Å². The minimum Gasteiger partial charge on any atom is -0.381 e. The van der Waals surface area contributed by atoms with Gasteiger partial charge < -0.3 is 10.1 Å². The highest BCUT2D eigenvalue weighted by Gasteiger charge is 2.15. The third-order valence-corrected chi connectivity index (χ3v) is 4.27. The maximum atomic E-state index is 5.53. The summed E-state index contributed by atoms with van der Waals surface area (Å²) in [6.07, 6.45) is 6.28. The van der Waals surface area contributed by atoms with Crippen molar-refractivity contribution in [2.75, 3.05) is 19.8 Å². The van der Waals surface area contributed by atoms with Gasteiger partial charge in [0, 0.05) is 19.2 Å². The molecule has 2 atom stereocenters. The van der Waals surface area contributed by atoms with Gasteiger partial charge in [0.15, 0.2) is 0 Å². The molecule has 0 amide bonds. The molecule has 2 nitrogen and oxygen atoms in total. The lowest BCUT2D eigenvalue weighted by Gasteiger charge is -2.24. The number of unbranched alkanes of at least 4 members (excludes halogenated alkanes) is 1. The van der Waals surface area contributed by atoms with E-state index in [1.165, 1.54) is 43.2 Å². The van der Waals surface area contributed by atoms with Crippen LogP contribution in [-0.2, 0) is 11.2 Å². The molecule has 1 saturated heterocycles. The lowest BCUT2D eigenvalue weighted by atomic mass is 10.00. The Morgan fingerprint density at radius 1 is 1.30 bits per heavy atom. The third kappa shape index (κ3) is 4.92.